The first-order chi connectivity index (χ1) is 13.4. The van der Waals surface area contributed by atoms with E-state index in [0.717, 1.165) is 12.1 Å². The van der Waals surface area contributed by atoms with Crippen LogP contribution in [-0.4, -0.2) is 30.6 Å². The van der Waals surface area contributed by atoms with Crippen LogP contribution in [0.2, 0.25) is 0 Å². The van der Waals surface area contributed by atoms with Crippen molar-refractivity contribution in [2.24, 2.45) is 5.92 Å². The summed E-state index contributed by atoms with van der Waals surface area (Å²) in [6.07, 6.45) is 3.72. The number of nitrogens with one attached hydrogen (secondary N) is 1. The molecule has 0 atom stereocenters. The molecule has 2 aromatic heterocycles. The van der Waals surface area contributed by atoms with E-state index < -0.39 is 17.6 Å². The molecule has 4 rings (SSSR count). The Kier molecular flexibility index (Phi) is 4.54. The molecule has 0 aliphatic heterocycles. The number of nitrogens with zero attached hydrogens (tertiary/aromatic N) is 4. The van der Waals surface area contributed by atoms with Gasteiger partial charge < -0.3 is 16.2 Å². The lowest BCUT2D eigenvalue weighted by atomic mass is 9.86. The number of benzene rings is 1. The van der Waals surface area contributed by atoms with Gasteiger partial charge in [-0.15, -0.1) is 0 Å². The van der Waals surface area contributed by atoms with Gasteiger partial charge in [0.2, 0.25) is 11.9 Å². The molecule has 0 amide bonds. The Balaban J connectivity index is 1.74. The minimum absolute atomic E-state index is 0.0677. The molecule has 0 saturated heterocycles. The van der Waals surface area contributed by atoms with Crippen molar-refractivity contribution in [2.45, 2.75) is 31.7 Å². The summed E-state index contributed by atoms with van der Waals surface area (Å²) in [5, 5.41) is 12.1. The Morgan fingerprint density at radius 1 is 1.21 bits per heavy atom. The van der Waals surface area contributed by atoms with Gasteiger partial charge in [-0.05, 0) is 37.8 Å². The Morgan fingerprint density at radius 2 is 1.96 bits per heavy atom. The average molecular weight is 388 g/mol. The van der Waals surface area contributed by atoms with Crippen LogP contribution in [0.25, 0.3) is 11.2 Å². The fraction of sp³-hybridized carbons (Fsp3) is 0.333. The minimum atomic E-state index is -0.799. The lowest BCUT2D eigenvalue weighted by Gasteiger charge is -2.28. The zero-order valence-corrected chi connectivity index (χ0v) is 14.8. The Morgan fingerprint density at radius 3 is 2.64 bits per heavy atom. The Labute approximate surface area is 158 Å². The van der Waals surface area contributed by atoms with Crippen LogP contribution >= 0.6 is 0 Å². The van der Waals surface area contributed by atoms with Gasteiger partial charge in [0.15, 0.2) is 5.65 Å². The molecule has 1 aliphatic carbocycles. The smallest absolute Gasteiger partial charge is 0.306 e. The number of nitrogen functional groups attached to an aromatic ring is 1. The van der Waals surface area contributed by atoms with Gasteiger partial charge in [-0.2, -0.15) is 4.98 Å². The number of aromatic nitrogens is 4. The molecular weight excluding hydrogens is 370 g/mol. The van der Waals surface area contributed by atoms with E-state index in [4.69, 9.17) is 5.73 Å². The van der Waals surface area contributed by atoms with Crippen molar-refractivity contribution >= 4 is 34.7 Å². The van der Waals surface area contributed by atoms with Crippen LogP contribution in [0.5, 0.6) is 0 Å². The number of carbonyl (C=O) groups is 1. The standard InChI is InChI=1S/C18H18F2N6O2/c19-10-3-6-13(12(20)7-10)23-18-24-14-8-22-17(21)25-15(14)26(18)11-4-1-9(2-5-11)16(27)28/h3,6-9,11H,1-2,4-5H2,(H,23,24)(H,27,28)(H2,21,22,25). The molecule has 8 nitrogen and oxygen atoms in total. The minimum Gasteiger partial charge on any atom is -0.481 e. The van der Waals surface area contributed by atoms with Crippen LogP contribution in [0.4, 0.5) is 26.4 Å². The fourth-order valence-corrected chi connectivity index (χ4v) is 3.63. The number of carboxylic acids is 1. The van der Waals surface area contributed by atoms with Crippen molar-refractivity contribution in [1.82, 2.24) is 19.5 Å². The van der Waals surface area contributed by atoms with Crippen LogP contribution in [0.15, 0.2) is 24.4 Å². The number of aliphatic carboxylic acids is 1. The van der Waals surface area contributed by atoms with Gasteiger partial charge in [-0.3, -0.25) is 9.36 Å². The molecule has 0 spiro atoms. The third kappa shape index (κ3) is 3.32. The van der Waals surface area contributed by atoms with Crippen molar-refractivity contribution in [3.8, 4) is 0 Å². The summed E-state index contributed by atoms with van der Waals surface area (Å²) in [5.74, 6) is -2.21. The van der Waals surface area contributed by atoms with E-state index in [1.807, 2.05) is 0 Å². The second-order valence-electron chi connectivity index (χ2n) is 6.84. The first kappa shape index (κ1) is 18.1. The SMILES string of the molecule is Nc1ncc2nc(Nc3ccc(F)cc3F)n(C3CCC(C(=O)O)CC3)c2n1. The molecule has 2 heterocycles. The number of hydrogen-bond acceptors (Lipinski definition) is 6. The first-order valence-corrected chi connectivity index (χ1v) is 8.87. The molecule has 146 valence electrons. The maximum atomic E-state index is 14.1. The Bertz CT molecular complexity index is 1050. The van der Waals surface area contributed by atoms with Crippen LogP contribution in [0, 0.1) is 17.6 Å². The highest BCUT2D eigenvalue weighted by atomic mass is 19.1. The van der Waals surface area contributed by atoms with Crippen LogP contribution in [0.1, 0.15) is 31.7 Å². The molecule has 10 heteroatoms. The molecule has 28 heavy (non-hydrogen) atoms. The van der Waals surface area contributed by atoms with E-state index in [-0.39, 0.29) is 23.6 Å². The third-order valence-corrected chi connectivity index (χ3v) is 5.04. The highest BCUT2D eigenvalue weighted by molar-refractivity contribution is 5.76. The van der Waals surface area contributed by atoms with Gasteiger partial charge in [0, 0.05) is 12.1 Å². The summed E-state index contributed by atoms with van der Waals surface area (Å²) >= 11 is 0. The van der Waals surface area contributed by atoms with Gasteiger partial charge in [-0.25, -0.2) is 18.7 Å². The molecule has 3 aromatic rings. The molecule has 0 radical (unpaired) electrons. The Hall–Kier alpha value is -3.30. The maximum absolute atomic E-state index is 14.1. The number of hydrogen-bond donors (Lipinski definition) is 3. The van der Waals surface area contributed by atoms with Crippen LogP contribution in [0.3, 0.4) is 0 Å². The largest absolute Gasteiger partial charge is 0.481 e. The lowest BCUT2D eigenvalue weighted by Crippen LogP contribution is -2.24. The molecule has 1 fully saturated rings. The summed E-state index contributed by atoms with van der Waals surface area (Å²) in [7, 11) is 0. The second kappa shape index (κ2) is 7.02. The number of fused-ring (bicyclic) bond motifs is 1. The number of imidazole rings is 1. The summed E-state index contributed by atoms with van der Waals surface area (Å²) < 4.78 is 29.1. The first-order valence-electron chi connectivity index (χ1n) is 8.87. The molecule has 0 unspecified atom stereocenters. The molecule has 0 bridgehead atoms. The highest BCUT2D eigenvalue weighted by Gasteiger charge is 2.30. The van der Waals surface area contributed by atoms with E-state index in [0.29, 0.717) is 42.8 Å². The third-order valence-electron chi connectivity index (χ3n) is 5.04. The second-order valence-corrected chi connectivity index (χ2v) is 6.84. The number of carboxylic acid groups (broad SMARTS) is 1. The van der Waals surface area contributed by atoms with E-state index >= 15 is 0 Å². The van der Waals surface area contributed by atoms with Crippen LogP contribution in [-0.2, 0) is 4.79 Å². The highest BCUT2D eigenvalue weighted by Crippen LogP contribution is 2.37. The average Bonchev–Trinajstić information content (AvgIpc) is 3.01. The molecule has 1 aliphatic rings. The van der Waals surface area contributed by atoms with Gasteiger partial charge >= 0.3 is 5.97 Å². The van der Waals surface area contributed by atoms with Gasteiger partial charge in [0.25, 0.3) is 0 Å². The number of nitrogens with two attached hydrogens (primary N) is 1. The predicted octanol–water partition coefficient (Wildman–Crippen LogP) is 3.25. The quantitative estimate of drug-likeness (QED) is 0.628. The van der Waals surface area contributed by atoms with Crippen molar-refractivity contribution in [3.63, 3.8) is 0 Å². The lowest BCUT2D eigenvalue weighted by molar-refractivity contribution is -0.143. The summed E-state index contributed by atoms with van der Waals surface area (Å²) in [6.45, 7) is 0. The van der Waals surface area contributed by atoms with E-state index in [1.54, 1.807) is 4.57 Å². The van der Waals surface area contributed by atoms with Gasteiger partial charge in [0.1, 0.15) is 17.2 Å². The summed E-state index contributed by atoms with van der Waals surface area (Å²) in [4.78, 5) is 23.9. The van der Waals surface area contributed by atoms with Crippen molar-refractivity contribution < 1.29 is 18.7 Å². The normalized spacial score (nSPS) is 19.6. The summed E-state index contributed by atoms with van der Waals surface area (Å²) in [5.41, 5.74) is 6.75. The molecular formula is C18H18F2N6O2. The molecule has 1 aromatic carbocycles. The zero-order chi connectivity index (χ0) is 19.8. The zero-order valence-electron chi connectivity index (χ0n) is 14.8. The topological polar surface area (TPSA) is 119 Å². The van der Waals surface area contributed by atoms with E-state index in [2.05, 4.69) is 20.3 Å². The molecule has 4 N–H and O–H groups in total. The number of anilines is 3. The van der Waals surface area contributed by atoms with Gasteiger partial charge in [-0.1, -0.05) is 0 Å². The predicted molar refractivity (Wildman–Crippen MR) is 98.0 cm³/mol. The van der Waals surface area contributed by atoms with Crippen molar-refractivity contribution in [1.29, 1.82) is 0 Å². The van der Waals surface area contributed by atoms with Gasteiger partial charge in [0.05, 0.1) is 17.8 Å². The van der Waals surface area contributed by atoms with E-state index in [9.17, 15) is 18.7 Å². The number of halogens is 2. The van der Waals surface area contributed by atoms with Crippen LogP contribution < -0.4 is 11.1 Å². The van der Waals surface area contributed by atoms with E-state index in [1.165, 1.54) is 12.3 Å². The maximum Gasteiger partial charge on any atom is 0.306 e. The monoisotopic (exact) mass is 388 g/mol. The number of rotatable bonds is 4. The fourth-order valence-electron chi connectivity index (χ4n) is 3.63. The summed E-state index contributed by atoms with van der Waals surface area (Å²) in [6, 6.07) is 3.13. The van der Waals surface area contributed by atoms with Crippen molar-refractivity contribution in [3.05, 3.63) is 36.0 Å². The molecule has 1 saturated carbocycles. The van der Waals surface area contributed by atoms with Crippen molar-refractivity contribution in [2.75, 3.05) is 11.1 Å².